The van der Waals surface area contributed by atoms with Crippen molar-refractivity contribution >= 4 is 33.6 Å². The molecule has 0 saturated carbocycles. The third-order valence-corrected chi connectivity index (χ3v) is 7.74. The van der Waals surface area contributed by atoms with Crippen LogP contribution in [0, 0.1) is 20.8 Å². The van der Waals surface area contributed by atoms with Crippen LogP contribution in [-0.4, -0.2) is 9.55 Å². The Morgan fingerprint density at radius 2 is 1.58 bits per heavy atom. The number of thiophene rings is 2. The summed E-state index contributed by atoms with van der Waals surface area (Å²) in [5, 5.41) is 5.33. The Morgan fingerprint density at radius 1 is 0.848 bits per heavy atom. The minimum atomic E-state index is 0.874. The number of imidazole rings is 1. The van der Waals surface area contributed by atoms with E-state index in [0.29, 0.717) is 0 Å². The van der Waals surface area contributed by atoms with E-state index in [2.05, 4.69) is 90.7 Å². The van der Waals surface area contributed by atoms with E-state index in [4.69, 9.17) is 9.40 Å². The maximum Gasteiger partial charge on any atom is 0.154 e. The van der Waals surface area contributed by atoms with Crippen LogP contribution >= 0.6 is 22.7 Å². The molecule has 0 spiro atoms. The zero-order valence-electron chi connectivity index (χ0n) is 18.6. The maximum atomic E-state index is 6.66. The molecule has 4 heterocycles. The van der Waals surface area contributed by atoms with Crippen LogP contribution in [0.1, 0.15) is 16.7 Å². The summed E-state index contributed by atoms with van der Waals surface area (Å²) in [6, 6.07) is 19.3. The maximum absolute atomic E-state index is 6.66. The molecule has 0 atom stereocenters. The zero-order chi connectivity index (χ0) is 22.5. The van der Waals surface area contributed by atoms with Crippen molar-refractivity contribution in [3.8, 4) is 38.2 Å². The number of hydrogen-bond acceptors (Lipinski definition) is 4. The predicted molar refractivity (Wildman–Crippen MR) is 140 cm³/mol. The lowest BCUT2D eigenvalue weighted by Gasteiger charge is -2.15. The number of nitrogens with zero attached hydrogens (tertiary/aromatic N) is 2. The summed E-state index contributed by atoms with van der Waals surface area (Å²) in [4.78, 5) is 7.13. The number of hydrogen-bond donors (Lipinski definition) is 0. The Hall–Kier alpha value is -3.41. The van der Waals surface area contributed by atoms with Gasteiger partial charge in [0.15, 0.2) is 5.76 Å². The van der Waals surface area contributed by atoms with Gasteiger partial charge in [0.05, 0.1) is 16.1 Å². The third kappa shape index (κ3) is 3.27. The summed E-state index contributed by atoms with van der Waals surface area (Å²) in [6.45, 7) is 6.47. The average molecular weight is 467 g/mol. The first kappa shape index (κ1) is 20.2. The molecule has 33 heavy (non-hydrogen) atoms. The van der Waals surface area contributed by atoms with Crippen molar-refractivity contribution in [3.05, 3.63) is 94.4 Å². The van der Waals surface area contributed by atoms with E-state index in [9.17, 15) is 0 Å². The SMILES string of the molecule is Cc1cc(C)c(-n2ccnc2-c2cccc3c(-c4cccs4)c(-c4cccs4)oc23)c(C)c1. The number of para-hydroxylation sites is 1. The first-order chi connectivity index (χ1) is 16.1. The van der Waals surface area contributed by atoms with Gasteiger partial charge >= 0.3 is 0 Å². The van der Waals surface area contributed by atoms with E-state index in [1.54, 1.807) is 22.7 Å². The van der Waals surface area contributed by atoms with Crippen LogP contribution in [0.5, 0.6) is 0 Å². The molecule has 0 unspecified atom stereocenters. The van der Waals surface area contributed by atoms with E-state index in [1.165, 1.54) is 27.3 Å². The predicted octanol–water partition coefficient (Wildman–Crippen LogP) is 8.67. The lowest BCUT2D eigenvalue weighted by molar-refractivity contribution is 0.634. The molecule has 0 saturated heterocycles. The van der Waals surface area contributed by atoms with Crippen molar-refractivity contribution in [1.29, 1.82) is 0 Å². The minimum Gasteiger partial charge on any atom is -0.454 e. The number of fused-ring (bicyclic) bond motifs is 1. The Morgan fingerprint density at radius 3 is 2.27 bits per heavy atom. The molecule has 6 aromatic rings. The van der Waals surface area contributed by atoms with E-state index >= 15 is 0 Å². The molecule has 0 aliphatic carbocycles. The molecule has 0 N–H and O–H groups in total. The van der Waals surface area contributed by atoms with Gasteiger partial charge in [-0.3, -0.25) is 4.57 Å². The smallest absolute Gasteiger partial charge is 0.154 e. The van der Waals surface area contributed by atoms with Crippen LogP contribution in [0.2, 0.25) is 0 Å². The summed E-state index contributed by atoms with van der Waals surface area (Å²) in [6.07, 6.45) is 3.92. The summed E-state index contributed by atoms with van der Waals surface area (Å²) >= 11 is 3.44. The first-order valence-electron chi connectivity index (χ1n) is 10.9. The molecule has 0 radical (unpaired) electrons. The van der Waals surface area contributed by atoms with Gasteiger partial charge < -0.3 is 4.42 Å². The minimum absolute atomic E-state index is 0.874. The molecular weight excluding hydrogens is 444 g/mol. The van der Waals surface area contributed by atoms with Crippen LogP contribution in [-0.2, 0) is 0 Å². The fourth-order valence-electron chi connectivity index (χ4n) is 4.78. The molecule has 4 aromatic heterocycles. The van der Waals surface area contributed by atoms with E-state index in [-0.39, 0.29) is 0 Å². The Kier molecular flexibility index (Phi) is 4.82. The molecular formula is C28H22N2OS2. The van der Waals surface area contributed by atoms with Gasteiger partial charge in [-0.2, -0.15) is 0 Å². The Balaban J connectivity index is 1.63. The monoisotopic (exact) mass is 466 g/mol. The molecule has 2 aromatic carbocycles. The lowest BCUT2D eigenvalue weighted by atomic mass is 10.0. The molecule has 3 nitrogen and oxygen atoms in total. The van der Waals surface area contributed by atoms with E-state index in [0.717, 1.165) is 38.6 Å². The van der Waals surface area contributed by atoms with Gasteiger partial charge in [-0.05, 0) is 60.9 Å². The van der Waals surface area contributed by atoms with Crippen molar-refractivity contribution in [2.75, 3.05) is 0 Å². The highest BCUT2D eigenvalue weighted by Crippen LogP contribution is 2.46. The van der Waals surface area contributed by atoms with Crippen molar-refractivity contribution in [1.82, 2.24) is 9.55 Å². The summed E-state index contributed by atoms with van der Waals surface area (Å²) in [7, 11) is 0. The number of furan rings is 1. The molecule has 0 aliphatic heterocycles. The van der Waals surface area contributed by atoms with Gasteiger partial charge in [0.25, 0.3) is 0 Å². The fourth-order valence-corrected chi connectivity index (χ4v) is 6.27. The molecule has 5 heteroatoms. The molecule has 0 fully saturated rings. The number of aryl methyl sites for hydroxylation is 3. The second kappa shape index (κ2) is 7.87. The number of rotatable bonds is 4. The number of aromatic nitrogens is 2. The molecule has 0 amide bonds. The van der Waals surface area contributed by atoms with E-state index < -0.39 is 0 Å². The van der Waals surface area contributed by atoms with Gasteiger partial charge in [-0.25, -0.2) is 4.98 Å². The quantitative estimate of drug-likeness (QED) is 0.260. The highest BCUT2D eigenvalue weighted by Gasteiger charge is 2.23. The Bertz CT molecular complexity index is 1560. The van der Waals surface area contributed by atoms with Crippen molar-refractivity contribution < 1.29 is 4.42 Å². The highest BCUT2D eigenvalue weighted by molar-refractivity contribution is 7.14. The summed E-state index contributed by atoms with van der Waals surface area (Å²) in [5.74, 6) is 1.82. The topological polar surface area (TPSA) is 31.0 Å². The summed E-state index contributed by atoms with van der Waals surface area (Å²) < 4.78 is 8.85. The second-order valence-electron chi connectivity index (χ2n) is 8.31. The standard InChI is InChI=1S/C28H22N2OS2/c1-17-15-18(2)25(19(3)16-17)30-12-11-29-28(30)21-8-4-7-20-24(22-9-5-13-32-22)27(31-26(20)21)23-10-6-14-33-23/h4-16H,1-3H3. The summed E-state index contributed by atoms with van der Waals surface area (Å²) in [5.41, 5.74) is 7.94. The fraction of sp³-hybridized carbons (Fsp3) is 0.107. The van der Waals surface area contributed by atoms with Gasteiger partial charge in [0.1, 0.15) is 11.4 Å². The molecule has 162 valence electrons. The van der Waals surface area contributed by atoms with Gasteiger partial charge in [0, 0.05) is 28.2 Å². The van der Waals surface area contributed by atoms with Crippen molar-refractivity contribution in [2.24, 2.45) is 0 Å². The molecule has 0 bridgehead atoms. The van der Waals surface area contributed by atoms with Crippen LogP contribution < -0.4 is 0 Å². The van der Waals surface area contributed by atoms with E-state index in [1.807, 2.05) is 12.4 Å². The molecule has 6 rings (SSSR count). The Labute approximate surface area is 200 Å². The van der Waals surface area contributed by atoms with Crippen LogP contribution in [0.15, 0.2) is 82.2 Å². The highest BCUT2D eigenvalue weighted by atomic mass is 32.1. The third-order valence-electron chi connectivity index (χ3n) is 5.99. The van der Waals surface area contributed by atoms with Gasteiger partial charge in [-0.1, -0.05) is 42.0 Å². The van der Waals surface area contributed by atoms with Crippen LogP contribution in [0.25, 0.3) is 49.1 Å². The van der Waals surface area contributed by atoms with Crippen molar-refractivity contribution in [2.45, 2.75) is 20.8 Å². The zero-order valence-corrected chi connectivity index (χ0v) is 20.3. The first-order valence-corrected chi connectivity index (χ1v) is 12.6. The lowest BCUT2D eigenvalue weighted by Crippen LogP contribution is -2.02. The normalized spacial score (nSPS) is 11.5. The van der Waals surface area contributed by atoms with Gasteiger partial charge in [0.2, 0.25) is 0 Å². The van der Waals surface area contributed by atoms with Crippen LogP contribution in [0.4, 0.5) is 0 Å². The van der Waals surface area contributed by atoms with Crippen LogP contribution in [0.3, 0.4) is 0 Å². The average Bonchev–Trinajstić information content (AvgIpc) is 3.59. The largest absolute Gasteiger partial charge is 0.454 e. The second-order valence-corrected chi connectivity index (χ2v) is 10.2. The molecule has 0 aliphatic rings. The number of benzene rings is 2. The van der Waals surface area contributed by atoms with Gasteiger partial charge in [-0.15, -0.1) is 22.7 Å². The van der Waals surface area contributed by atoms with Crippen molar-refractivity contribution in [3.63, 3.8) is 0 Å².